The second kappa shape index (κ2) is 9.17. The van der Waals surface area contributed by atoms with Crippen LogP contribution in [-0.4, -0.2) is 23.9 Å². The van der Waals surface area contributed by atoms with Crippen molar-refractivity contribution in [2.24, 2.45) is 0 Å². The quantitative estimate of drug-likeness (QED) is 0.847. The van der Waals surface area contributed by atoms with E-state index in [0.717, 1.165) is 30.0 Å². The number of hydrogen-bond donors (Lipinski definition) is 2. The molecule has 0 amide bonds. The summed E-state index contributed by atoms with van der Waals surface area (Å²) in [7, 11) is 0. The van der Waals surface area contributed by atoms with E-state index < -0.39 is 0 Å². The number of rotatable bonds is 4. The summed E-state index contributed by atoms with van der Waals surface area (Å²) in [5.74, 6) is 0.546. The standard InChI is InChI=1S/C8H13N3S.C8H8O2/c9-7-5-12-11-8(7)6-2-1-3-10-4-6;9-7-10-6-8-4-2-1-3-5-8/h5-6,10H,1-4,9H2;1-5,7H,6H2. The van der Waals surface area contributed by atoms with Gasteiger partial charge in [0.15, 0.2) is 0 Å². The van der Waals surface area contributed by atoms with E-state index in [-0.39, 0.29) is 0 Å². The van der Waals surface area contributed by atoms with Gasteiger partial charge in [-0.25, -0.2) is 0 Å². The summed E-state index contributed by atoms with van der Waals surface area (Å²) in [6, 6.07) is 9.55. The van der Waals surface area contributed by atoms with E-state index in [1.165, 1.54) is 24.4 Å². The summed E-state index contributed by atoms with van der Waals surface area (Å²) >= 11 is 1.46. The monoisotopic (exact) mass is 319 g/mol. The Labute approximate surface area is 134 Å². The Balaban J connectivity index is 0.000000164. The highest BCUT2D eigenvalue weighted by atomic mass is 32.1. The molecule has 0 saturated carbocycles. The van der Waals surface area contributed by atoms with Crippen molar-refractivity contribution < 1.29 is 9.53 Å². The fraction of sp³-hybridized carbons (Fsp3) is 0.375. The molecule has 118 valence electrons. The molecule has 0 bridgehead atoms. The van der Waals surface area contributed by atoms with Crippen molar-refractivity contribution in [3.8, 4) is 0 Å². The molecule has 1 atom stereocenters. The molecule has 22 heavy (non-hydrogen) atoms. The van der Waals surface area contributed by atoms with Crippen molar-refractivity contribution in [2.75, 3.05) is 18.8 Å². The molecule has 0 radical (unpaired) electrons. The lowest BCUT2D eigenvalue weighted by Crippen LogP contribution is -2.28. The van der Waals surface area contributed by atoms with Crippen LogP contribution in [0.4, 0.5) is 5.69 Å². The van der Waals surface area contributed by atoms with Crippen molar-refractivity contribution in [2.45, 2.75) is 25.4 Å². The van der Waals surface area contributed by atoms with Crippen molar-refractivity contribution in [1.82, 2.24) is 9.69 Å². The van der Waals surface area contributed by atoms with Gasteiger partial charge in [-0.2, -0.15) is 4.37 Å². The molecule has 0 aliphatic carbocycles. The molecule has 5 nitrogen and oxygen atoms in total. The minimum atomic E-state index is 0.365. The predicted molar refractivity (Wildman–Crippen MR) is 88.7 cm³/mol. The van der Waals surface area contributed by atoms with Crippen LogP contribution in [0.25, 0.3) is 0 Å². The molecule has 3 N–H and O–H groups in total. The normalized spacial score (nSPS) is 17.2. The van der Waals surface area contributed by atoms with E-state index in [2.05, 4.69) is 14.4 Å². The zero-order valence-corrected chi connectivity index (χ0v) is 13.2. The molecular formula is C16H21N3O2S. The first-order valence-corrected chi connectivity index (χ1v) is 8.14. The smallest absolute Gasteiger partial charge is 0.293 e. The van der Waals surface area contributed by atoms with Gasteiger partial charge in [0.2, 0.25) is 0 Å². The largest absolute Gasteiger partial charge is 0.463 e. The van der Waals surface area contributed by atoms with Gasteiger partial charge in [-0.3, -0.25) is 4.79 Å². The molecule has 1 aliphatic rings. The summed E-state index contributed by atoms with van der Waals surface area (Å²) in [5.41, 5.74) is 8.77. The van der Waals surface area contributed by atoms with Gasteiger partial charge in [0.25, 0.3) is 6.47 Å². The molecular weight excluding hydrogens is 298 g/mol. The number of anilines is 1. The van der Waals surface area contributed by atoms with Crippen LogP contribution in [0, 0.1) is 0 Å². The highest BCUT2D eigenvalue weighted by Gasteiger charge is 2.19. The fourth-order valence-corrected chi connectivity index (χ4v) is 3.01. The lowest BCUT2D eigenvalue weighted by atomic mass is 9.96. The summed E-state index contributed by atoms with van der Waals surface area (Å²) in [6.07, 6.45) is 2.46. The number of ether oxygens (including phenoxy) is 1. The number of hydrogen-bond acceptors (Lipinski definition) is 6. The van der Waals surface area contributed by atoms with Crippen LogP contribution in [0.3, 0.4) is 0 Å². The molecule has 0 spiro atoms. The van der Waals surface area contributed by atoms with E-state index in [1.807, 2.05) is 35.7 Å². The first-order chi connectivity index (χ1) is 10.8. The Morgan fingerprint density at radius 1 is 1.41 bits per heavy atom. The molecule has 1 aromatic carbocycles. The molecule has 3 rings (SSSR count). The van der Waals surface area contributed by atoms with Crippen LogP contribution in [0.5, 0.6) is 0 Å². The Hall–Kier alpha value is -1.92. The molecule has 2 heterocycles. The van der Waals surface area contributed by atoms with Crippen LogP contribution >= 0.6 is 11.5 Å². The average Bonchev–Trinajstić information content (AvgIpc) is 3.01. The van der Waals surface area contributed by atoms with E-state index >= 15 is 0 Å². The second-order valence-electron chi connectivity index (χ2n) is 5.09. The fourth-order valence-electron chi connectivity index (χ4n) is 2.35. The number of piperidine rings is 1. The molecule has 1 fully saturated rings. The van der Waals surface area contributed by atoms with Crippen LogP contribution in [0.15, 0.2) is 35.7 Å². The number of nitrogens with one attached hydrogen (secondary N) is 1. The van der Waals surface area contributed by atoms with Crippen molar-refractivity contribution in [1.29, 1.82) is 0 Å². The lowest BCUT2D eigenvalue weighted by Gasteiger charge is -2.21. The zero-order valence-electron chi connectivity index (χ0n) is 12.4. The summed E-state index contributed by atoms with van der Waals surface area (Å²) in [6.45, 7) is 2.99. The van der Waals surface area contributed by atoms with Gasteiger partial charge in [-0.05, 0) is 36.5 Å². The maximum absolute atomic E-state index is 9.76. The number of carbonyl (C=O) groups excluding carboxylic acids is 1. The van der Waals surface area contributed by atoms with E-state index in [1.54, 1.807) is 0 Å². The molecule has 1 unspecified atom stereocenters. The second-order valence-corrected chi connectivity index (χ2v) is 5.72. The molecule has 1 saturated heterocycles. The number of nitrogen functional groups attached to an aromatic ring is 1. The topological polar surface area (TPSA) is 77.2 Å². The highest BCUT2D eigenvalue weighted by molar-refractivity contribution is 7.04. The van der Waals surface area contributed by atoms with Crippen molar-refractivity contribution in [3.05, 3.63) is 47.0 Å². The first kappa shape index (κ1) is 16.5. The average molecular weight is 319 g/mol. The van der Waals surface area contributed by atoms with Crippen LogP contribution in [-0.2, 0) is 16.1 Å². The minimum Gasteiger partial charge on any atom is -0.463 e. The van der Waals surface area contributed by atoms with Gasteiger partial charge >= 0.3 is 0 Å². The number of nitrogens with two attached hydrogens (primary N) is 1. The highest BCUT2D eigenvalue weighted by Crippen LogP contribution is 2.27. The van der Waals surface area contributed by atoms with Gasteiger partial charge in [0, 0.05) is 17.8 Å². The van der Waals surface area contributed by atoms with Crippen LogP contribution in [0.1, 0.15) is 30.0 Å². The van der Waals surface area contributed by atoms with E-state index in [9.17, 15) is 4.79 Å². The maximum Gasteiger partial charge on any atom is 0.293 e. The minimum absolute atomic E-state index is 0.365. The first-order valence-electron chi connectivity index (χ1n) is 7.31. The Morgan fingerprint density at radius 2 is 2.23 bits per heavy atom. The SMILES string of the molecule is Nc1csnc1C1CCCNC1.O=COCc1ccccc1. The van der Waals surface area contributed by atoms with Crippen LogP contribution < -0.4 is 11.1 Å². The third kappa shape index (κ3) is 5.13. The number of benzene rings is 1. The van der Waals surface area contributed by atoms with E-state index in [4.69, 9.17) is 5.73 Å². The maximum atomic E-state index is 9.76. The summed E-state index contributed by atoms with van der Waals surface area (Å²) in [4.78, 5) is 9.76. The van der Waals surface area contributed by atoms with Gasteiger partial charge in [-0.1, -0.05) is 30.3 Å². The Morgan fingerprint density at radius 3 is 2.82 bits per heavy atom. The molecule has 2 aromatic rings. The van der Waals surface area contributed by atoms with Gasteiger partial charge in [0.05, 0.1) is 11.4 Å². The van der Waals surface area contributed by atoms with Gasteiger partial charge < -0.3 is 15.8 Å². The third-order valence-corrected chi connectivity index (χ3v) is 4.13. The predicted octanol–water partition coefficient (Wildman–Crippen LogP) is 2.55. The number of aromatic nitrogens is 1. The van der Waals surface area contributed by atoms with Crippen LogP contribution in [0.2, 0.25) is 0 Å². The van der Waals surface area contributed by atoms with Gasteiger partial charge in [-0.15, -0.1) is 0 Å². The van der Waals surface area contributed by atoms with E-state index in [0.29, 0.717) is 19.0 Å². The zero-order chi connectivity index (χ0) is 15.6. The number of carbonyl (C=O) groups is 1. The van der Waals surface area contributed by atoms with Crippen molar-refractivity contribution >= 4 is 23.7 Å². The Kier molecular flexibility index (Phi) is 6.86. The van der Waals surface area contributed by atoms with Gasteiger partial charge in [0.1, 0.15) is 6.61 Å². The Bertz CT molecular complexity index is 554. The molecule has 1 aromatic heterocycles. The lowest BCUT2D eigenvalue weighted by molar-refractivity contribution is -0.129. The summed E-state index contributed by atoms with van der Waals surface area (Å²) in [5, 5.41) is 5.28. The summed E-state index contributed by atoms with van der Waals surface area (Å²) < 4.78 is 8.86. The molecule has 6 heteroatoms. The third-order valence-electron chi connectivity index (χ3n) is 3.47. The molecule has 1 aliphatic heterocycles. The number of nitrogens with zero attached hydrogens (tertiary/aromatic N) is 1. The van der Waals surface area contributed by atoms with Crippen molar-refractivity contribution in [3.63, 3.8) is 0 Å².